The summed E-state index contributed by atoms with van der Waals surface area (Å²) in [5.74, 6) is -0.419. The van der Waals surface area contributed by atoms with Gasteiger partial charge in [0.2, 0.25) is 0 Å². The van der Waals surface area contributed by atoms with Crippen molar-refractivity contribution >= 4 is 21.6 Å². The summed E-state index contributed by atoms with van der Waals surface area (Å²) in [5, 5.41) is 8.59. The van der Waals surface area contributed by atoms with Gasteiger partial charge in [0.1, 0.15) is 15.7 Å². The van der Waals surface area contributed by atoms with E-state index in [-0.39, 0.29) is 22.5 Å². The number of nitrogens with zero attached hydrogens (tertiary/aromatic N) is 2. The molecule has 2 amide bonds. The van der Waals surface area contributed by atoms with Gasteiger partial charge < -0.3 is 10.2 Å². The van der Waals surface area contributed by atoms with Gasteiger partial charge in [-0.15, -0.1) is 4.36 Å². The largest absolute Gasteiger partial charge is 0.354 e. The van der Waals surface area contributed by atoms with Crippen molar-refractivity contribution in [3.63, 3.8) is 0 Å². The maximum absolute atomic E-state index is 14.1. The molecular formula is C22H31FN4O2S. The van der Waals surface area contributed by atoms with E-state index in [1.807, 2.05) is 58.8 Å². The van der Waals surface area contributed by atoms with Crippen LogP contribution in [-0.2, 0) is 16.5 Å². The topological polar surface area (TPSA) is 87.8 Å². The van der Waals surface area contributed by atoms with Crippen LogP contribution in [0.5, 0.6) is 0 Å². The highest BCUT2D eigenvalue weighted by Gasteiger charge is 2.19. The van der Waals surface area contributed by atoms with E-state index in [1.54, 1.807) is 12.1 Å². The number of nitrogens with one attached hydrogen (secondary N) is 1. The van der Waals surface area contributed by atoms with Crippen molar-refractivity contribution in [2.24, 2.45) is 9.50 Å². The van der Waals surface area contributed by atoms with E-state index in [9.17, 15) is 13.4 Å². The molecule has 0 aromatic heterocycles. The van der Waals surface area contributed by atoms with Crippen molar-refractivity contribution < 1.29 is 13.4 Å². The molecule has 0 heterocycles. The first-order valence-electron chi connectivity index (χ1n) is 9.83. The van der Waals surface area contributed by atoms with E-state index in [1.165, 1.54) is 12.1 Å². The Morgan fingerprint density at radius 3 is 2.03 bits per heavy atom. The molecule has 164 valence electrons. The van der Waals surface area contributed by atoms with Crippen molar-refractivity contribution in [1.29, 1.82) is 0 Å². The molecule has 2 aromatic carbocycles. The maximum atomic E-state index is 14.1. The highest BCUT2D eigenvalue weighted by molar-refractivity contribution is 7.91. The SMILES string of the molecule is CC(C)c1cc(F)cc(C(C)C)c1NC(=O)N=[S@](N)(=O)c1ccc(CN(C)C)cc1. The second-order valence-electron chi connectivity index (χ2n) is 8.24. The van der Waals surface area contributed by atoms with Gasteiger partial charge in [-0.05, 0) is 66.9 Å². The standard InChI is InChI=1S/C22H31FN4O2S/c1-14(2)19-11-17(23)12-20(15(3)4)21(19)25-22(28)26-30(24,29)18-9-7-16(8-10-18)13-27(5)6/h7-12,14-15H,13H2,1-6H3,(H3,24,25,26,28,29)/t30-/m0/s1. The van der Waals surface area contributed by atoms with Crippen LogP contribution in [-0.4, -0.2) is 29.2 Å². The fourth-order valence-electron chi connectivity index (χ4n) is 3.17. The Kier molecular flexibility index (Phi) is 7.74. The number of urea groups is 1. The molecule has 0 aliphatic carbocycles. The number of amides is 2. The molecule has 30 heavy (non-hydrogen) atoms. The van der Waals surface area contributed by atoms with E-state index in [0.717, 1.165) is 12.1 Å². The van der Waals surface area contributed by atoms with E-state index < -0.39 is 15.9 Å². The van der Waals surface area contributed by atoms with Crippen LogP contribution >= 0.6 is 0 Å². The first-order valence-corrected chi connectivity index (χ1v) is 11.4. The zero-order chi connectivity index (χ0) is 22.6. The lowest BCUT2D eigenvalue weighted by Gasteiger charge is -2.20. The fraction of sp³-hybridized carbons (Fsp3) is 0.409. The van der Waals surface area contributed by atoms with Gasteiger partial charge in [-0.2, -0.15) is 0 Å². The Morgan fingerprint density at radius 2 is 1.60 bits per heavy atom. The summed E-state index contributed by atoms with van der Waals surface area (Å²) in [7, 11) is 0.477. The molecule has 0 aliphatic rings. The van der Waals surface area contributed by atoms with E-state index in [4.69, 9.17) is 5.14 Å². The zero-order valence-corrected chi connectivity index (χ0v) is 19.2. The third-order valence-corrected chi connectivity index (χ3v) is 6.00. The minimum Gasteiger partial charge on any atom is -0.305 e. The minimum atomic E-state index is -3.42. The van der Waals surface area contributed by atoms with Crippen molar-refractivity contribution in [1.82, 2.24) is 4.90 Å². The third-order valence-electron chi connectivity index (χ3n) is 4.62. The van der Waals surface area contributed by atoms with Crippen molar-refractivity contribution in [3.8, 4) is 0 Å². The van der Waals surface area contributed by atoms with Gasteiger partial charge in [-0.3, -0.25) is 0 Å². The highest BCUT2D eigenvalue weighted by atomic mass is 32.2. The van der Waals surface area contributed by atoms with Crippen LogP contribution in [0.15, 0.2) is 45.7 Å². The molecule has 8 heteroatoms. The predicted molar refractivity (Wildman–Crippen MR) is 120 cm³/mol. The molecule has 0 spiro atoms. The van der Waals surface area contributed by atoms with Crippen LogP contribution in [0.3, 0.4) is 0 Å². The van der Waals surface area contributed by atoms with E-state index >= 15 is 0 Å². The predicted octanol–water partition coefficient (Wildman–Crippen LogP) is 5.07. The van der Waals surface area contributed by atoms with Crippen LogP contribution in [0.2, 0.25) is 0 Å². The summed E-state index contributed by atoms with van der Waals surface area (Å²) in [6.45, 7) is 8.37. The first-order chi connectivity index (χ1) is 13.9. The lowest BCUT2D eigenvalue weighted by Crippen LogP contribution is -2.19. The number of carbonyl (C=O) groups excluding carboxylic acids is 1. The Bertz CT molecular complexity index is 995. The van der Waals surface area contributed by atoms with Gasteiger partial charge in [0.25, 0.3) is 0 Å². The average molecular weight is 435 g/mol. The smallest absolute Gasteiger partial charge is 0.305 e. The van der Waals surface area contributed by atoms with Crippen LogP contribution < -0.4 is 10.5 Å². The monoisotopic (exact) mass is 434 g/mol. The highest BCUT2D eigenvalue weighted by Crippen LogP contribution is 2.33. The van der Waals surface area contributed by atoms with Crippen LogP contribution in [0.1, 0.15) is 56.2 Å². The van der Waals surface area contributed by atoms with Gasteiger partial charge >= 0.3 is 6.03 Å². The van der Waals surface area contributed by atoms with Crippen LogP contribution in [0, 0.1) is 5.82 Å². The molecule has 0 radical (unpaired) electrons. The van der Waals surface area contributed by atoms with Gasteiger partial charge in [-0.1, -0.05) is 39.8 Å². The molecule has 0 aliphatic heterocycles. The summed E-state index contributed by atoms with van der Waals surface area (Å²) in [6.07, 6.45) is 0. The maximum Gasteiger partial charge on any atom is 0.354 e. The van der Waals surface area contributed by atoms with Crippen LogP contribution in [0.4, 0.5) is 14.9 Å². The molecule has 2 rings (SSSR count). The Labute approximate surface area is 179 Å². The molecule has 2 aromatic rings. The normalized spacial score (nSPS) is 13.6. The Hall–Kier alpha value is -2.29. The number of hydrogen-bond acceptors (Lipinski definition) is 3. The van der Waals surface area contributed by atoms with Crippen LogP contribution in [0.25, 0.3) is 0 Å². The molecule has 0 saturated heterocycles. The molecule has 1 atom stereocenters. The van der Waals surface area contributed by atoms with Crippen molar-refractivity contribution in [2.75, 3.05) is 19.4 Å². The molecule has 6 nitrogen and oxygen atoms in total. The first kappa shape index (κ1) is 24.0. The lowest BCUT2D eigenvalue weighted by molar-refractivity contribution is 0.260. The second kappa shape index (κ2) is 9.68. The van der Waals surface area contributed by atoms with Crippen molar-refractivity contribution in [2.45, 2.75) is 51.0 Å². The molecule has 3 N–H and O–H groups in total. The Morgan fingerprint density at radius 1 is 1.10 bits per heavy atom. The summed E-state index contributed by atoms with van der Waals surface area (Å²) >= 11 is 0. The fourth-order valence-corrected chi connectivity index (χ4v) is 4.09. The van der Waals surface area contributed by atoms with Gasteiger partial charge in [0, 0.05) is 12.2 Å². The number of rotatable bonds is 6. The lowest BCUT2D eigenvalue weighted by atomic mass is 9.92. The number of benzene rings is 2. The molecule has 0 saturated carbocycles. The van der Waals surface area contributed by atoms with E-state index in [0.29, 0.717) is 16.8 Å². The molecular weight excluding hydrogens is 403 g/mol. The summed E-state index contributed by atoms with van der Waals surface area (Å²) < 4.78 is 30.7. The number of hydrogen-bond donors (Lipinski definition) is 2. The average Bonchev–Trinajstić information content (AvgIpc) is 2.61. The molecule has 0 unspecified atom stereocenters. The number of anilines is 1. The summed E-state index contributed by atoms with van der Waals surface area (Å²) in [6, 6.07) is 8.83. The third kappa shape index (κ3) is 6.10. The van der Waals surface area contributed by atoms with Gasteiger partial charge in [-0.25, -0.2) is 18.5 Å². The summed E-state index contributed by atoms with van der Waals surface area (Å²) in [4.78, 5) is 14.9. The minimum absolute atomic E-state index is 0.0278. The zero-order valence-electron chi connectivity index (χ0n) is 18.4. The quantitative estimate of drug-likeness (QED) is 0.665. The number of halogens is 1. The molecule has 0 fully saturated rings. The Balaban J connectivity index is 2.38. The summed E-state index contributed by atoms with van der Waals surface area (Å²) in [5.41, 5.74) is 2.82. The second-order valence-corrected chi connectivity index (χ2v) is 10.0. The van der Waals surface area contributed by atoms with Gasteiger partial charge in [0.15, 0.2) is 0 Å². The van der Waals surface area contributed by atoms with Crippen molar-refractivity contribution in [3.05, 3.63) is 58.9 Å². The number of carbonyl (C=O) groups is 1. The number of nitrogens with two attached hydrogens (primary N) is 1. The van der Waals surface area contributed by atoms with Gasteiger partial charge in [0.05, 0.1) is 4.90 Å². The molecule has 0 bridgehead atoms. The van der Waals surface area contributed by atoms with E-state index in [2.05, 4.69) is 9.68 Å².